The molecule has 1 fully saturated rings. The van der Waals surface area contributed by atoms with Gasteiger partial charge in [-0.3, -0.25) is 4.79 Å². The van der Waals surface area contributed by atoms with E-state index in [9.17, 15) is 4.79 Å². The number of hydrogen-bond donors (Lipinski definition) is 2. The van der Waals surface area contributed by atoms with Gasteiger partial charge in [0.2, 0.25) is 5.82 Å². The number of nitrogens with one attached hydrogen (secondary N) is 2. The van der Waals surface area contributed by atoms with Crippen molar-refractivity contribution in [2.24, 2.45) is 0 Å². The summed E-state index contributed by atoms with van der Waals surface area (Å²) in [6.07, 6.45) is 2.88. The molecule has 2 aromatic carbocycles. The van der Waals surface area contributed by atoms with Crippen molar-refractivity contribution in [3.05, 3.63) is 60.2 Å². The Hall–Kier alpha value is -3.26. The Bertz CT molecular complexity index is 924. The van der Waals surface area contributed by atoms with Crippen molar-refractivity contribution in [2.45, 2.75) is 25.3 Å². The van der Waals surface area contributed by atoms with Crippen molar-refractivity contribution in [1.29, 1.82) is 0 Å². The molecule has 2 heterocycles. The van der Waals surface area contributed by atoms with Gasteiger partial charge in [-0.05, 0) is 48.7 Å². The predicted octanol–water partition coefficient (Wildman–Crippen LogP) is 2.53. The molecule has 0 aliphatic carbocycles. The van der Waals surface area contributed by atoms with Crippen molar-refractivity contribution in [1.82, 2.24) is 30.8 Å². The Labute approximate surface area is 175 Å². The molecule has 1 aromatic heterocycles. The lowest BCUT2D eigenvalue weighted by atomic mass is 10.0. The second kappa shape index (κ2) is 9.98. The van der Waals surface area contributed by atoms with Gasteiger partial charge in [0.25, 0.3) is 5.91 Å². The van der Waals surface area contributed by atoms with Gasteiger partial charge >= 0.3 is 0 Å². The maximum Gasteiger partial charge on any atom is 0.251 e. The van der Waals surface area contributed by atoms with Crippen LogP contribution in [0.1, 0.15) is 29.6 Å². The number of H-pyrrole nitrogens is 1. The van der Waals surface area contributed by atoms with Crippen LogP contribution in [0.5, 0.6) is 5.75 Å². The quantitative estimate of drug-likeness (QED) is 0.558. The third-order valence-corrected chi connectivity index (χ3v) is 5.31. The third-order valence-electron chi connectivity index (χ3n) is 5.31. The molecule has 1 aliphatic heterocycles. The van der Waals surface area contributed by atoms with E-state index in [2.05, 4.69) is 30.8 Å². The van der Waals surface area contributed by atoms with E-state index in [-0.39, 0.29) is 11.9 Å². The van der Waals surface area contributed by atoms with E-state index in [0.29, 0.717) is 12.4 Å². The first-order valence-corrected chi connectivity index (χ1v) is 10.3. The van der Waals surface area contributed by atoms with Gasteiger partial charge in [0, 0.05) is 31.2 Å². The molecule has 30 heavy (non-hydrogen) atoms. The van der Waals surface area contributed by atoms with Crippen LogP contribution in [0.4, 0.5) is 0 Å². The van der Waals surface area contributed by atoms with Crippen LogP contribution >= 0.6 is 0 Å². The number of ether oxygens (including phenoxy) is 1. The molecule has 8 nitrogen and oxygen atoms in total. The molecule has 0 bridgehead atoms. The molecule has 8 heteroatoms. The second-order valence-electron chi connectivity index (χ2n) is 7.39. The second-order valence-corrected chi connectivity index (χ2v) is 7.39. The normalized spacial score (nSPS) is 15.1. The number of likely N-dealkylation sites (tertiary alicyclic amines) is 1. The molecule has 1 amide bonds. The molecule has 0 atom stereocenters. The first-order chi connectivity index (χ1) is 14.8. The highest BCUT2D eigenvalue weighted by Crippen LogP contribution is 2.26. The lowest BCUT2D eigenvalue weighted by Gasteiger charge is -2.32. The van der Waals surface area contributed by atoms with Crippen molar-refractivity contribution < 1.29 is 9.53 Å². The topological polar surface area (TPSA) is 96.0 Å². The number of rotatable bonds is 8. The van der Waals surface area contributed by atoms with Crippen LogP contribution in [0.15, 0.2) is 54.6 Å². The Morgan fingerprint density at radius 3 is 2.63 bits per heavy atom. The van der Waals surface area contributed by atoms with E-state index in [0.717, 1.165) is 55.8 Å². The Kier molecular flexibility index (Phi) is 6.66. The smallest absolute Gasteiger partial charge is 0.251 e. The predicted molar refractivity (Wildman–Crippen MR) is 113 cm³/mol. The van der Waals surface area contributed by atoms with Crippen LogP contribution in [0.3, 0.4) is 0 Å². The number of nitrogens with zero attached hydrogens (tertiary/aromatic N) is 4. The van der Waals surface area contributed by atoms with E-state index < -0.39 is 0 Å². The fraction of sp³-hybridized carbons (Fsp3) is 0.364. The number of hydrogen-bond acceptors (Lipinski definition) is 6. The van der Waals surface area contributed by atoms with Crippen LogP contribution in [0.25, 0.3) is 11.4 Å². The largest absolute Gasteiger partial charge is 0.493 e. The molecule has 0 unspecified atom stereocenters. The van der Waals surface area contributed by atoms with Crippen LogP contribution in [-0.4, -0.2) is 63.7 Å². The molecular weight excluding hydrogens is 380 g/mol. The van der Waals surface area contributed by atoms with Gasteiger partial charge in [-0.15, -0.1) is 10.2 Å². The molecule has 2 N–H and O–H groups in total. The molecule has 4 rings (SSSR count). The monoisotopic (exact) mass is 406 g/mol. The van der Waals surface area contributed by atoms with Crippen LogP contribution < -0.4 is 10.1 Å². The highest BCUT2D eigenvalue weighted by molar-refractivity contribution is 5.94. The zero-order chi connectivity index (χ0) is 20.6. The Balaban J connectivity index is 1.17. The molecular formula is C22H26N6O2. The van der Waals surface area contributed by atoms with E-state index in [1.165, 1.54) is 0 Å². The van der Waals surface area contributed by atoms with Crippen molar-refractivity contribution in [3.63, 3.8) is 0 Å². The number of piperidine rings is 1. The van der Waals surface area contributed by atoms with Crippen LogP contribution in [-0.2, 0) is 0 Å². The summed E-state index contributed by atoms with van der Waals surface area (Å²) in [7, 11) is 0. The van der Waals surface area contributed by atoms with Crippen molar-refractivity contribution in [3.8, 4) is 17.1 Å². The van der Waals surface area contributed by atoms with Gasteiger partial charge in [-0.2, -0.15) is 5.21 Å². The molecule has 1 aliphatic rings. The number of carbonyl (C=O) groups is 1. The summed E-state index contributed by atoms with van der Waals surface area (Å²) in [5.74, 6) is 1.31. The van der Waals surface area contributed by atoms with Gasteiger partial charge in [0.1, 0.15) is 5.75 Å². The van der Waals surface area contributed by atoms with E-state index in [1.807, 2.05) is 54.6 Å². The van der Waals surface area contributed by atoms with Crippen molar-refractivity contribution in [2.75, 3.05) is 26.2 Å². The molecule has 3 aromatic rings. The first kappa shape index (κ1) is 20.0. The average Bonchev–Trinajstić information content (AvgIpc) is 3.33. The number of para-hydroxylation sites is 1. The SMILES string of the molecule is O=C(NC1CCN(CCCOc2ccccc2-c2nn[nH]n2)CC1)c1ccccc1. The minimum atomic E-state index is 0.0164. The van der Waals surface area contributed by atoms with Crippen molar-refractivity contribution >= 4 is 5.91 Å². The summed E-state index contributed by atoms with van der Waals surface area (Å²) in [5, 5.41) is 17.3. The maximum atomic E-state index is 12.3. The third kappa shape index (κ3) is 5.21. The van der Waals surface area contributed by atoms with Crippen LogP contribution in [0, 0.1) is 0 Å². The van der Waals surface area contributed by atoms with Gasteiger partial charge < -0.3 is 15.0 Å². The van der Waals surface area contributed by atoms with E-state index in [4.69, 9.17) is 4.74 Å². The summed E-state index contributed by atoms with van der Waals surface area (Å²) in [4.78, 5) is 14.7. The number of amides is 1. The lowest BCUT2D eigenvalue weighted by Crippen LogP contribution is -2.45. The summed E-state index contributed by atoms with van der Waals surface area (Å²) in [5.41, 5.74) is 1.56. The van der Waals surface area contributed by atoms with Gasteiger partial charge in [0.05, 0.1) is 12.2 Å². The minimum Gasteiger partial charge on any atom is -0.493 e. The van der Waals surface area contributed by atoms with E-state index >= 15 is 0 Å². The standard InChI is InChI=1S/C22H26N6O2/c29-22(17-7-2-1-3-8-17)23-18-11-14-28(15-12-18)13-6-16-30-20-10-5-4-9-19(20)21-24-26-27-25-21/h1-5,7-10,18H,6,11-16H2,(H,23,29)(H,24,25,26,27). The highest BCUT2D eigenvalue weighted by atomic mass is 16.5. The number of aromatic nitrogens is 4. The summed E-state index contributed by atoms with van der Waals surface area (Å²) in [6.45, 7) is 3.57. The molecule has 156 valence electrons. The summed E-state index contributed by atoms with van der Waals surface area (Å²) >= 11 is 0. The zero-order valence-electron chi connectivity index (χ0n) is 16.8. The van der Waals surface area contributed by atoms with Crippen LogP contribution in [0.2, 0.25) is 0 Å². The van der Waals surface area contributed by atoms with Gasteiger partial charge in [-0.25, -0.2) is 0 Å². The number of aromatic amines is 1. The average molecular weight is 406 g/mol. The maximum absolute atomic E-state index is 12.3. The number of tetrazole rings is 1. The number of benzene rings is 2. The summed E-state index contributed by atoms with van der Waals surface area (Å²) in [6, 6.07) is 17.4. The van der Waals surface area contributed by atoms with Gasteiger partial charge in [0.15, 0.2) is 0 Å². The zero-order valence-corrected chi connectivity index (χ0v) is 16.8. The fourth-order valence-electron chi connectivity index (χ4n) is 3.68. The first-order valence-electron chi connectivity index (χ1n) is 10.3. The minimum absolute atomic E-state index is 0.0164. The summed E-state index contributed by atoms with van der Waals surface area (Å²) < 4.78 is 5.97. The molecule has 1 saturated heterocycles. The van der Waals surface area contributed by atoms with E-state index in [1.54, 1.807) is 0 Å². The number of carbonyl (C=O) groups excluding carboxylic acids is 1. The highest BCUT2D eigenvalue weighted by Gasteiger charge is 2.21. The van der Waals surface area contributed by atoms with Gasteiger partial charge in [-0.1, -0.05) is 30.3 Å². The Morgan fingerprint density at radius 1 is 1.10 bits per heavy atom. The molecule has 0 radical (unpaired) electrons. The lowest BCUT2D eigenvalue weighted by molar-refractivity contribution is 0.0909. The fourth-order valence-corrected chi connectivity index (χ4v) is 3.68. The molecule has 0 saturated carbocycles. The Morgan fingerprint density at radius 2 is 1.87 bits per heavy atom. The molecule has 0 spiro atoms.